The molecule has 158 valence electrons. The molecule has 0 saturated heterocycles. The second kappa shape index (κ2) is 8.98. The van der Waals surface area contributed by atoms with Crippen molar-refractivity contribution in [1.29, 1.82) is 0 Å². The molecule has 5 nitrogen and oxygen atoms in total. The Morgan fingerprint density at radius 3 is 2.74 bits per heavy atom. The summed E-state index contributed by atoms with van der Waals surface area (Å²) in [7, 11) is 0. The third-order valence-corrected chi connectivity index (χ3v) is 8.36. The first kappa shape index (κ1) is 20.5. The van der Waals surface area contributed by atoms with Gasteiger partial charge in [-0.05, 0) is 41.8 Å². The van der Waals surface area contributed by atoms with E-state index in [9.17, 15) is 4.79 Å². The van der Waals surface area contributed by atoms with Crippen LogP contribution in [0.25, 0.3) is 11.4 Å². The molecule has 0 saturated carbocycles. The molecule has 0 bridgehead atoms. The molecule has 0 aliphatic carbocycles. The maximum absolute atomic E-state index is 13.3. The molecule has 3 aromatic heterocycles. The van der Waals surface area contributed by atoms with Crippen molar-refractivity contribution in [2.45, 2.75) is 31.1 Å². The van der Waals surface area contributed by atoms with E-state index in [2.05, 4.69) is 50.6 Å². The smallest absolute Gasteiger partial charge is 0.233 e. The first-order chi connectivity index (χ1) is 15.3. The number of rotatable bonds is 6. The van der Waals surface area contributed by atoms with Crippen LogP contribution in [0.15, 0.2) is 64.4 Å². The normalized spacial score (nSPS) is 15.8. The van der Waals surface area contributed by atoms with Crippen molar-refractivity contribution in [1.82, 2.24) is 19.7 Å². The molecular formula is C23H22N4OS3. The monoisotopic (exact) mass is 466 g/mol. The van der Waals surface area contributed by atoms with Crippen LogP contribution in [-0.4, -0.2) is 37.9 Å². The zero-order valence-corrected chi connectivity index (χ0v) is 19.6. The van der Waals surface area contributed by atoms with Crippen molar-refractivity contribution in [3.63, 3.8) is 0 Å². The van der Waals surface area contributed by atoms with E-state index in [4.69, 9.17) is 0 Å². The molecular weight excluding hydrogens is 444 g/mol. The third-order valence-electron chi connectivity index (χ3n) is 5.49. The maximum atomic E-state index is 13.3. The van der Waals surface area contributed by atoms with Crippen molar-refractivity contribution in [2.24, 2.45) is 0 Å². The number of benzene rings is 1. The lowest BCUT2D eigenvalue weighted by Gasteiger charge is -2.35. The Hall–Kier alpha value is -2.42. The van der Waals surface area contributed by atoms with Crippen molar-refractivity contribution < 1.29 is 4.79 Å². The number of carbonyl (C=O) groups excluding carboxylic acids is 1. The SMILES string of the molecule is CCn1c(SCC(=O)N2CCc3sccc3[C@H]2c2cccs2)nnc1-c1ccccc1. The first-order valence-electron chi connectivity index (χ1n) is 10.3. The van der Waals surface area contributed by atoms with Crippen LogP contribution in [0.5, 0.6) is 0 Å². The van der Waals surface area contributed by atoms with Gasteiger partial charge in [0.2, 0.25) is 5.91 Å². The highest BCUT2D eigenvalue weighted by Crippen LogP contribution is 2.40. The summed E-state index contributed by atoms with van der Waals surface area (Å²) in [6, 6.07) is 16.5. The van der Waals surface area contributed by atoms with Gasteiger partial charge in [-0.1, -0.05) is 48.2 Å². The van der Waals surface area contributed by atoms with Gasteiger partial charge in [-0.15, -0.1) is 32.9 Å². The highest BCUT2D eigenvalue weighted by atomic mass is 32.2. The largest absolute Gasteiger partial charge is 0.330 e. The van der Waals surface area contributed by atoms with Gasteiger partial charge in [0.05, 0.1) is 11.8 Å². The van der Waals surface area contributed by atoms with Gasteiger partial charge in [-0.2, -0.15) is 0 Å². The molecule has 5 rings (SSSR count). The lowest BCUT2D eigenvalue weighted by molar-refractivity contribution is -0.130. The highest BCUT2D eigenvalue weighted by Gasteiger charge is 2.33. The predicted molar refractivity (Wildman–Crippen MR) is 128 cm³/mol. The van der Waals surface area contributed by atoms with Crippen LogP contribution >= 0.6 is 34.4 Å². The molecule has 1 aliphatic rings. The van der Waals surface area contributed by atoms with Crippen LogP contribution in [0.3, 0.4) is 0 Å². The van der Waals surface area contributed by atoms with Crippen LogP contribution in [0, 0.1) is 0 Å². The van der Waals surface area contributed by atoms with Crippen LogP contribution in [0.4, 0.5) is 0 Å². The molecule has 0 fully saturated rings. The number of hydrogen-bond donors (Lipinski definition) is 0. The van der Waals surface area contributed by atoms with Crippen LogP contribution in [0.1, 0.15) is 28.3 Å². The molecule has 1 atom stereocenters. The van der Waals surface area contributed by atoms with E-state index in [-0.39, 0.29) is 11.9 Å². The van der Waals surface area contributed by atoms with E-state index in [1.54, 1.807) is 22.7 Å². The van der Waals surface area contributed by atoms with Gasteiger partial charge >= 0.3 is 0 Å². The Morgan fingerprint density at radius 1 is 1.10 bits per heavy atom. The van der Waals surface area contributed by atoms with Gasteiger partial charge in [0.1, 0.15) is 0 Å². The topological polar surface area (TPSA) is 51.0 Å². The fourth-order valence-electron chi connectivity index (χ4n) is 4.03. The highest BCUT2D eigenvalue weighted by molar-refractivity contribution is 7.99. The van der Waals surface area contributed by atoms with E-state index in [0.717, 1.165) is 36.1 Å². The molecule has 4 aromatic rings. The summed E-state index contributed by atoms with van der Waals surface area (Å²) in [5, 5.41) is 13.8. The maximum Gasteiger partial charge on any atom is 0.233 e. The first-order valence-corrected chi connectivity index (χ1v) is 13.0. The molecule has 1 amide bonds. The van der Waals surface area contributed by atoms with Gasteiger partial charge in [0.15, 0.2) is 11.0 Å². The molecule has 0 radical (unpaired) electrons. The number of thioether (sulfide) groups is 1. The van der Waals surface area contributed by atoms with Crippen molar-refractivity contribution in [3.8, 4) is 11.4 Å². The summed E-state index contributed by atoms with van der Waals surface area (Å²) in [6.07, 6.45) is 0.925. The Morgan fingerprint density at radius 2 is 1.97 bits per heavy atom. The number of fused-ring (bicyclic) bond motifs is 1. The molecule has 0 unspecified atom stereocenters. The third kappa shape index (κ3) is 3.95. The Balaban J connectivity index is 1.36. The van der Waals surface area contributed by atoms with Gasteiger partial charge in [-0.25, -0.2) is 0 Å². The second-order valence-electron chi connectivity index (χ2n) is 7.26. The summed E-state index contributed by atoms with van der Waals surface area (Å²) in [5.74, 6) is 1.34. The summed E-state index contributed by atoms with van der Waals surface area (Å²) < 4.78 is 2.08. The zero-order valence-electron chi connectivity index (χ0n) is 17.1. The summed E-state index contributed by atoms with van der Waals surface area (Å²) in [5.41, 5.74) is 2.31. The zero-order chi connectivity index (χ0) is 21.2. The van der Waals surface area contributed by atoms with Crippen molar-refractivity contribution in [3.05, 3.63) is 74.6 Å². The standard InChI is InChI=1S/C23H22N4OS3/c1-2-26-22(16-7-4-3-5-8-16)24-25-23(26)31-15-20(28)27-12-10-18-17(11-14-30-18)21(27)19-9-6-13-29-19/h3-9,11,13-14,21H,2,10,12,15H2,1H3/t21-/m0/s1. The van der Waals surface area contributed by atoms with E-state index in [0.29, 0.717) is 5.75 Å². The minimum Gasteiger partial charge on any atom is -0.330 e. The van der Waals surface area contributed by atoms with Crippen molar-refractivity contribution in [2.75, 3.05) is 12.3 Å². The fourth-order valence-corrected chi connectivity index (χ4v) is 6.68. The fraction of sp³-hybridized carbons (Fsp3) is 0.261. The van der Waals surface area contributed by atoms with Crippen LogP contribution < -0.4 is 0 Å². The van der Waals surface area contributed by atoms with E-state index < -0.39 is 0 Å². The summed E-state index contributed by atoms with van der Waals surface area (Å²) >= 11 is 4.99. The van der Waals surface area contributed by atoms with Crippen LogP contribution in [-0.2, 0) is 17.8 Å². The minimum atomic E-state index is 0.0204. The number of nitrogens with zero attached hydrogens (tertiary/aromatic N) is 4. The summed E-state index contributed by atoms with van der Waals surface area (Å²) in [6.45, 7) is 3.59. The average molecular weight is 467 g/mol. The van der Waals surface area contributed by atoms with Gasteiger partial charge in [-0.3, -0.25) is 4.79 Å². The Bertz CT molecular complexity index is 1170. The van der Waals surface area contributed by atoms with E-state index in [1.165, 1.54) is 27.1 Å². The predicted octanol–water partition coefficient (Wildman–Crippen LogP) is 5.35. The van der Waals surface area contributed by atoms with Gasteiger partial charge < -0.3 is 9.47 Å². The summed E-state index contributed by atoms with van der Waals surface area (Å²) in [4.78, 5) is 18.0. The minimum absolute atomic E-state index is 0.0204. The quantitative estimate of drug-likeness (QED) is 0.359. The Kier molecular flexibility index (Phi) is 5.93. The van der Waals surface area contributed by atoms with E-state index in [1.807, 2.05) is 35.2 Å². The lowest BCUT2D eigenvalue weighted by atomic mass is 9.98. The number of carbonyl (C=O) groups is 1. The lowest BCUT2D eigenvalue weighted by Crippen LogP contribution is -2.40. The van der Waals surface area contributed by atoms with Crippen molar-refractivity contribution >= 4 is 40.3 Å². The molecule has 1 aromatic carbocycles. The average Bonchev–Trinajstić information content (AvgIpc) is 3.57. The second-order valence-corrected chi connectivity index (χ2v) is 10.2. The molecule has 1 aliphatic heterocycles. The molecule has 8 heteroatoms. The Labute approximate surface area is 193 Å². The molecule has 31 heavy (non-hydrogen) atoms. The number of hydrogen-bond acceptors (Lipinski definition) is 6. The van der Waals surface area contributed by atoms with Gasteiger partial charge in [0, 0.05) is 28.4 Å². The molecule has 0 N–H and O–H groups in total. The van der Waals surface area contributed by atoms with E-state index >= 15 is 0 Å². The molecule has 4 heterocycles. The van der Waals surface area contributed by atoms with Gasteiger partial charge in [0.25, 0.3) is 0 Å². The number of thiophene rings is 2. The number of aromatic nitrogens is 3. The number of amides is 1. The van der Waals surface area contributed by atoms with Crippen LogP contribution in [0.2, 0.25) is 0 Å². The molecule has 0 spiro atoms.